The number of benzene rings is 2. The molecule has 0 heterocycles. The van der Waals surface area contributed by atoms with Gasteiger partial charge in [0.2, 0.25) is 0 Å². The number of hydrogen-bond acceptors (Lipinski definition) is 3. The summed E-state index contributed by atoms with van der Waals surface area (Å²) in [6, 6.07) is 10.5. The van der Waals surface area contributed by atoms with Crippen LogP contribution in [0.1, 0.15) is 22.8 Å². The van der Waals surface area contributed by atoms with Gasteiger partial charge in [0.15, 0.2) is 9.84 Å². The van der Waals surface area contributed by atoms with Gasteiger partial charge in [-0.1, -0.05) is 24.3 Å². The van der Waals surface area contributed by atoms with Crippen LogP contribution >= 0.6 is 0 Å². The van der Waals surface area contributed by atoms with Crippen LogP contribution in [0, 0.1) is 12.7 Å². The molecule has 2 aromatic carbocycles. The second-order valence-electron chi connectivity index (χ2n) is 4.76. The first-order chi connectivity index (χ1) is 9.29. The zero-order valence-electron chi connectivity index (χ0n) is 11.2. The van der Waals surface area contributed by atoms with Gasteiger partial charge in [0.05, 0.1) is 4.90 Å². The zero-order valence-corrected chi connectivity index (χ0v) is 12.0. The van der Waals surface area contributed by atoms with Crippen molar-refractivity contribution in [2.45, 2.75) is 17.9 Å². The van der Waals surface area contributed by atoms with E-state index in [-0.39, 0.29) is 4.90 Å². The summed E-state index contributed by atoms with van der Waals surface area (Å²) >= 11 is 0. The average molecular weight is 294 g/mol. The van der Waals surface area contributed by atoms with Gasteiger partial charge < -0.3 is 5.11 Å². The largest absolute Gasteiger partial charge is 0.384 e. The molecule has 0 radical (unpaired) electrons. The molecular weight excluding hydrogens is 279 g/mol. The van der Waals surface area contributed by atoms with Crippen molar-refractivity contribution in [3.8, 4) is 0 Å². The second kappa shape index (κ2) is 5.34. The van der Waals surface area contributed by atoms with Crippen LogP contribution in [0.4, 0.5) is 4.39 Å². The molecule has 0 saturated carbocycles. The maximum atomic E-state index is 13.5. The quantitative estimate of drug-likeness (QED) is 0.946. The minimum absolute atomic E-state index is 0.127. The minimum atomic E-state index is -3.34. The van der Waals surface area contributed by atoms with Crippen LogP contribution in [0.5, 0.6) is 0 Å². The Morgan fingerprint density at radius 3 is 2.35 bits per heavy atom. The lowest BCUT2D eigenvalue weighted by atomic mass is 10.0. The van der Waals surface area contributed by atoms with E-state index in [4.69, 9.17) is 0 Å². The standard InChI is InChI=1S/C15H15FO3S/c1-10-6-7-12(9-14(10)16)15(17)11-4-3-5-13(8-11)20(2,18)19/h3-9,15,17H,1-2H3. The lowest BCUT2D eigenvalue weighted by molar-refractivity contribution is 0.219. The van der Waals surface area contributed by atoms with Crippen LogP contribution in [0.15, 0.2) is 47.4 Å². The molecule has 0 aliphatic carbocycles. The van der Waals surface area contributed by atoms with E-state index >= 15 is 0 Å². The summed E-state index contributed by atoms with van der Waals surface area (Å²) in [6.07, 6.45) is 0.0381. The molecule has 0 amide bonds. The highest BCUT2D eigenvalue weighted by molar-refractivity contribution is 7.90. The lowest BCUT2D eigenvalue weighted by Crippen LogP contribution is -2.03. The Balaban J connectivity index is 2.43. The van der Waals surface area contributed by atoms with Gasteiger partial charge in [-0.05, 0) is 41.8 Å². The Morgan fingerprint density at radius 2 is 1.75 bits per heavy atom. The topological polar surface area (TPSA) is 54.4 Å². The van der Waals surface area contributed by atoms with Gasteiger partial charge in [-0.25, -0.2) is 12.8 Å². The third-order valence-corrected chi connectivity index (χ3v) is 4.22. The van der Waals surface area contributed by atoms with Gasteiger partial charge in [-0.2, -0.15) is 0 Å². The van der Waals surface area contributed by atoms with Crippen LogP contribution in [0.3, 0.4) is 0 Å². The van der Waals surface area contributed by atoms with Gasteiger partial charge in [0, 0.05) is 6.26 Å². The fourth-order valence-corrected chi connectivity index (χ4v) is 2.56. The van der Waals surface area contributed by atoms with Crippen LogP contribution < -0.4 is 0 Å². The molecule has 0 aliphatic rings. The molecule has 0 aliphatic heterocycles. The smallest absolute Gasteiger partial charge is 0.175 e. The summed E-state index contributed by atoms with van der Waals surface area (Å²) in [7, 11) is -3.34. The van der Waals surface area contributed by atoms with Crippen molar-refractivity contribution in [2.75, 3.05) is 6.26 Å². The van der Waals surface area contributed by atoms with Crippen molar-refractivity contribution in [1.82, 2.24) is 0 Å². The molecule has 5 heteroatoms. The van der Waals surface area contributed by atoms with Crippen molar-refractivity contribution in [3.05, 3.63) is 65.0 Å². The monoisotopic (exact) mass is 294 g/mol. The van der Waals surface area contributed by atoms with Gasteiger partial charge in [0.1, 0.15) is 11.9 Å². The van der Waals surface area contributed by atoms with Gasteiger partial charge in [-0.15, -0.1) is 0 Å². The Bertz CT molecular complexity index is 739. The molecule has 2 rings (SSSR count). The Hall–Kier alpha value is -1.72. The van der Waals surface area contributed by atoms with E-state index in [2.05, 4.69) is 0 Å². The first-order valence-corrected chi connectivity index (χ1v) is 7.92. The van der Waals surface area contributed by atoms with E-state index < -0.39 is 21.8 Å². The molecule has 0 fully saturated rings. The molecular formula is C15H15FO3S. The van der Waals surface area contributed by atoms with Crippen LogP contribution in [-0.4, -0.2) is 19.8 Å². The van der Waals surface area contributed by atoms with Crippen molar-refractivity contribution in [1.29, 1.82) is 0 Å². The molecule has 1 unspecified atom stereocenters. The molecule has 1 N–H and O–H groups in total. The third-order valence-electron chi connectivity index (χ3n) is 3.11. The number of rotatable bonds is 3. The van der Waals surface area contributed by atoms with E-state index in [0.29, 0.717) is 16.7 Å². The van der Waals surface area contributed by atoms with Crippen LogP contribution in [0.2, 0.25) is 0 Å². The van der Waals surface area contributed by atoms with E-state index in [1.54, 1.807) is 31.2 Å². The molecule has 2 aromatic rings. The second-order valence-corrected chi connectivity index (χ2v) is 6.77. The summed E-state index contributed by atoms with van der Waals surface area (Å²) in [5.74, 6) is -0.402. The molecule has 0 spiro atoms. The van der Waals surface area contributed by atoms with Crippen molar-refractivity contribution in [3.63, 3.8) is 0 Å². The number of hydrogen-bond donors (Lipinski definition) is 1. The predicted octanol–water partition coefficient (Wildman–Crippen LogP) is 2.62. The zero-order chi connectivity index (χ0) is 14.9. The Kier molecular flexibility index (Phi) is 3.92. The molecule has 106 valence electrons. The summed E-state index contributed by atoms with van der Waals surface area (Å²) in [5, 5.41) is 10.2. The van der Waals surface area contributed by atoms with Gasteiger partial charge in [-0.3, -0.25) is 0 Å². The Morgan fingerprint density at radius 1 is 1.10 bits per heavy atom. The fourth-order valence-electron chi connectivity index (χ4n) is 1.89. The number of aliphatic hydroxyl groups excluding tert-OH is 1. The van der Waals surface area contributed by atoms with Gasteiger partial charge in [0.25, 0.3) is 0 Å². The number of halogens is 1. The molecule has 0 bridgehead atoms. The summed E-state index contributed by atoms with van der Waals surface area (Å²) in [4.78, 5) is 0.127. The molecule has 0 saturated heterocycles. The maximum Gasteiger partial charge on any atom is 0.175 e. The maximum absolute atomic E-state index is 13.5. The first kappa shape index (κ1) is 14.7. The average Bonchev–Trinajstić information content (AvgIpc) is 2.40. The van der Waals surface area contributed by atoms with E-state index in [1.165, 1.54) is 18.2 Å². The Labute approximate surface area is 117 Å². The van der Waals surface area contributed by atoms with Crippen molar-refractivity contribution < 1.29 is 17.9 Å². The first-order valence-electron chi connectivity index (χ1n) is 6.03. The predicted molar refractivity (Wildman–Crippen MR) is 74.8 cm³/mol. The summed E-state index contributed by atoms with van der Waals surface area (Å²) < 4.78 is 36.5. The normalized spacial score (nSPS) is 13.2. The summed E-state index contributed by atoms with van der Waals surface area (Å²) in [5.41, 5.74) is 1.29. The molecule has 0 aromatic heterocycles. The van der Waals surface area contributed by atoms with Gasteiger partial charge >= 0.3 is 0 Å². The van der Waals surface area contributed by atoms with Crippen molar-refractivity contribution in [2.24, 2.45) is 0 Å². The summed E-state index contributed by atoms with van der Waals surface area (Å²) in [6.45, 7) is 1.63. The van der Waals surface area contributed by atoms with E-state index in [9.17, 15) is 17.9 Å². The SMILES string of the molecule is Cc1ccc(C(O)c2cccc(S(C)(=O)=O)c2)cc1F. The van der Waals surface area contributed by atoms with Crippen LogP contribution in [0.25, 0.3) is 0 Å². The van der Waals surface area contributed by atoms with Crippen molar-refractivity contribution >= 4 is 9.84 Å². The highest BCUT2D eigenvalue weighted by Gasteiger charge is 2.15. The van der Waals surface area contributed by atoms with Crippen LogP contribution in [-0.2, 0) is 9.84 Å². The molecule has 1 atom stereocenters. The number of aliphatic hydroxyl groups is 1. The highest BCUT2D eigenvalue weighted by Crippen LogP contribution is 2.25. The highest BCUT2D eigenvalue weighted by atomic mass is 32.2. The minimum Gasteiger partial charge on any atom is -0.384 e. The van der Waals surface area contributed by atoms with E-state index in [1.807, 2.05) is 0 Å². The lowest BCUT2D eigenvalue weighted by Gasteiger charge is -2.13. The molecule has 20 heavy (non-hydrogen) atoms. The number of aryl methyl sites for hydroxylation is 1. The number of sulfone groups is 1. The molecule has 3 nitrogen and oxygen atoms in total. The van der Waals surface area contributed by atoms with E-state index in [0.717, 1.165) is 6.26 Å². The fraction of sp³-hybridized carbons (Fsp3) is 0.200. The third kappa shape index (κ3) is 3.05.